The van der Waals surface area contributed by atoms with E-state index in [1.54, 1.807) is 12.1 Å². The minimum atomic E-state index is -4.06. The molecule has 0 saturated carbocycles. The van der Waals surface area contributed by atoms with Gasteiger partial charge >= 0.3 is 0 Å². The molecule has 0 spiro atoms. The SMILES string of the molecule is CCC1CCCCN1CCCNC(=O)CN(c1cccc(F)c1)S(=O)(=O)c1ccc(SC)cc1. The molecule has 1 aliphatic heterocycles. The highest BCUT2D eigenvalue weighted by Gasteiger charge is 2.27. The highest BCUT2D eigenvalue weighted by Crippen LogP contribution is 2.26. The van der Waals surface area contributed by atoms with Crippen LogP contribution in [0, 0.1) is 5.82 Å². The Balaban J connectivity index is 1.67. The zero-order chi connectivity index (χ0) is 24.6. The van der Waals surface area contributed by atoms with Crippen LogP contribution >= 0.6 is 11.8 Å². The summed E-state index contributed by atoms with van der Waals surface area (Å²) in [7, 11) is -4.06. The van der Waals surface area contributed by atoms with Crippen LogP contribution in [-0.4, -0.2) is 57.7 Å². The van der Waals surface area contributed by atoms with Gasteiger partial charge in [-0.3, -0.25) is 9.10 Å². The van der Waals surface area contributed by atoms with Gasteiger partial charge in [-0.15, -0.1) is 11.8 Å². The molecule has 9 heteroatoms. The topological polar surface area (TPSA) is 69.7 Å². The second-order valence-corrected chi connectivity index (χ2v) is 11.2. The molecule has 3 rings (SSSR count). The average molecular weight is 508 g/mol. The number of halogens is 1. The summed E-state index contributed by atoms with van der Waals surface area (Å²) < 4.78 is 41.7. The molecule has 6 nitrogen and oxygen atoms in total. The Morgan fingerprint density at radius 1 is 1.21 bits per heavy atom. The average Bonchev–Trinajstić information content (AvgIpc) is 2.85. The highest BCUT2D eigenvalue weighted by atomic mass is 32.2. The van der Waals surface area contributed by atoms with Crippen LogP contribution in [0.25, 0.3) is 0 Å². The molecule has 2 aromatic carbocycles. The number of nitrogens with one attached hydrogen (secondary N) is 1. The first kappa shape index (κ1) is 26.5. The molecular weight excluding hydrogens is 473 g/mol. The predicted octanol–water partition coefficient (Wildman–Crippen LogP) is 4.51. The fraction of sp³-hybridized carbons (Fsp3) is 0.480. The van der Waals surface area contributed by atoms with Gasteiger partial charge in [0.15, 0.2) is 0 Å². The number of rotatable bonds is 11. The van der Waals surface area contributed by atoms with E-state index in [9.17, 15) is 17.6 Å². The van der Waals surface area contributed by atoms with Crippen LogP contribution in [0.4, 0.5) is 10.1 Å². The molecule has 1 saturated heterocycles. The van der Waals surface area contributed by atoms with Crippen LogP contribution in [0.5, 0.6) is 0 Å². The summed E-state index contributed by atoms with van der Waals surface area (Å²) >= 11 is 1.50. The second-order valence-electron chi connectivity index (χ2n) is 8.46. The molecule has 186 valence electrons. The van der Waals surface area contributed by atoms with Crippen molar-refractivity contribution in [2.75, 3.05) is 36.7 Å². The third-order valence-electron chi connectivity index (χ3n) is 6.20. The van der Waals surface area contributed by atoms with Crippen molar-refractivity contribution < 1.29 is 17.6 Å². The van der Waals surface area contributed by atoms with E-state index in [1.165, 1.54) is 61.4 Å². The summed E-state index contributed by atoms with van der Waals surface area (Å²) in [6.07, 6.45) is 7.54. The predicted molar refractivity (Wildman–Crippen MR) is 136 cm³/mol. The number of sulfonamides is 1. The van der Waals surface area contributed by atoms with Crippen LogP contribution in [0.15, 0.2) is 58.3 Å². The van der Waals surface area contributed by atoms with Gasteiger partial charge in [0, 0.05) is 24.0 Å². The number of likely N-dealkylation sites (tertiary alicyclic amines) is 1. The molecule has 0 aliphatic carbocycles. The Morgan fingerprint density at radius 3 is 2.65 bits per heavy atom. The van der Waals surface area contributed by atoms with E-state index in [2.05, 4.69) is 17.1 Å². The molecule has 1 heterocycles. The van der Waals surface area contributed by atoms with Gasteiger partial charge in [-0.25, -0.2) is 12.8 Å². The highest BCUT2D eigenvalue weighted by molar-refractivity contribution is 7.98. The Kier molecular flexibility index (Phi) is 9.79. The number of carbonyl (C=O) groups is 1. The van der Waals surface area contributed by atoms with Crippen molar-refractivity contribution in [3.8, 4) is 0 Å². The maximum Gasteiger partial charge on any atom is 0.264 e. The van der Waals surface area contributed by atoms with Gasteiger partial charge in [-0.05, 0) is 80.9 Å². The van der Waals surface area contributed by atoms with Crippen molar-refractivity contribution in [3.63, 3.8) is 0 Å². The van der Waals surface area contributed by atoms with Gasteiger partial charge in [-0.2, -0.15) is 0 Å². The Bertz CT molecular complexity index is 1050. The van der Waals surface area contributed by atoms with E-state index in [-0.39, 0.29) is 10.6 Å². The Morgan fingerprint density at radius 2 is 1.97 bits per heavy atom. The maximum absolute atomic E-state index is 13.9. The van der Waals surface area contributed by atoms with Crippen molar-refractivity contribution in [2.24, 2.45) is 0 Å². The molecule has 2 aromatic rings. The fourth-order valence-corrected chi connectivity index (χ4v) is 6.16. The van der Waals surface area contributed by atoms with E-state index >= 15 is 0 Å². The fourth-order valence-electron chi connectivity index (χ4n) is 4.33. The van der Waals surface area contributed by atoms with Crippen molar-refractivity contribution in [3.05, 3.63) is 54.3 Å². The number of hydrogen-bond acceptors (Lipinski definition) is 5. The third-order valence-corrected chi connectivity index (χ3v) is 8.73. The lowest BCUT2D eigenvalue weighted by molar-refractivity contribution is -0.119. The van der Waals surface area contributed by atoms with Crippen molar-refractivity contribution >= 4 is 33.4 Å². The maximum atomic E-state index is 13.9. The molecule has 1 N–H and O–H groups in total. The molecule has 1 fully saturated rings. The summed E-state index contributed by atoms with van der Waals surface area (Å²) in [5.41, 5.74) is 0.114. The normalized spacial score (nSPS) is 16.9. The number of nitrogens with zero attached hydrogens (tertiary/aromatic N) is 2. The molecule has 1 unspecified atom stereocenters. The van der Waals surface area contributed by atoms with Crippen LogP contribution in [0.1, 0.15) is 39.0 Å². The summed E-state index contributed by atoms with van der Waals surface area (Å²) in [4.78, 5) is 16.2. The second kappa shape index (κ2) is 12.6. The van der Waals surface area contributed by atoms with E-state index in [1.807, 2.05) is 6.26 Å². The summed E-state index contributed by atoms with van der Waals surface area (Å²) in [5, 5.41) is 2.84. The van der Waals surface area contributed by atoms with Crippen LogP contribution in [0.2, 0.25) is 0 Å². The molecule has 0 radical (unpaired) electrons. The number of anilines is 1. The van der Waals surface area contributed by atoms with E-state index in [0.717, 1.165) is 41.2 Å². The lowest BCUT2D eigenvalue weighted by Crippen LogP contribution is -2.43. The Hall–Kier alpha value is -2.10. The molecule has 1 atom stereocenters. The molecule has 1 aliphatic rings. The lowest BCUT2D eigenvalue weighted by Gasteiger charge is -2.35. The minimum absolute atomic E-state index is 0.0538. The number of piperidine rings is 1. The van der Waals surface area contributed by atoms with Gasteiger partial charge in [0.1, 0.15) is 12.4 Å². The summed E-state index contributed by atoms with van der Waals surface area (Å²) in [6, 6.07) is 12.3. The number of amides is 1. The van der Waals surface area contributed by atoms with E-state index in [0.29, 0.717) is 12.6 Å². The van der Waals surface area contributed by atoms with E-state index < -0.39 is 28.3 Å². The first-order chi connectivity index (χ1) is 16.3. The van der Waals surface area contributed by atoms with Crippen LogP contribution < -0.4 is 9.62 Å². The van der Waals surface area contributed by atoms with Crippen molar-refractivity contribution in [1.82, 2.24) is 10.2 Å². The standard InChI is InChI=1S/C25H34FN3O3S2/c1-3-21-9-4-5-16-28(21)17-7-15-27-25(30)19-29(22-10-6-8-20(26)18-22)34(31,32)24-13-11-23(33-2)12-14-24/h6,8,10-14,18,21H,3-5,7,9,15-17,19H2,1-2H3,(H,27,30). The summed E-state index contributed by atoms with van der Waals surface area (Å²) in [6.45, 7) is 4.25. The molecule has 34 heavy (non-hydrogen) atoms. The van der Waals surface area contributed by atoms with Crippen LogP contribution in [-0.2, 0) is 14.8 Å². The van der Waals surface area contributed by atoms with Crippen molar-refractivity contribution in [2.45, 2.75) is 54.9 Å². The summed E-state index contributed by atoms with van der Waals surface area (Å²) in [5.74, 6) is -0.984. The largest absolute Gasteiger partial charge is 0.354 e. The first-order valence-electron chi connectivity index (χ1n) is 11.8. The monoisotopic (exact) mass is 507 g/mol. The van der Waals surface area contributed by atoms with Crippen molar-refractivity contribution in [1.29, 1.82) is 0 Å². The van der Waals surface area contributed by atoms with Gasteiger partial charge in [0.25, 0.3) is 10.0 Å². The molecule has 0 bridgehead atoms. The first-order valence-corrected chi connectivity index (χ1v) is 14.4. The smallest absolute Gasteiger partial charge is 0.264 e. The number of thioether (sulfide) groups is 1. The quantitative estimate of drug-likeness (QED) is 0.358. The van der Waals surface area contributed by atoms with Gasteiger partial charge in [0.05, 0.1) is 10.6 Å². The number of benzene rings is 2. The zero-order valence-electron chi connectivity index (χ0n) is 19.9. The zero-order valence-corrected chi connectivity index (χ0v) is 21.5. The van der Waals surface area contributed by atoms with Gasteiger partial charge < -0.3 is 10.2 Å². The lowest BCUT2D eigenvalue weighted by atomic mass is 10.00. The van der Waals surface area contributed by atoms with Crippen LogP contribution in [0.3, 0.4) is 0 Å². The number of hydrogen-bond donors (Lipinski definition) is 1. The third kappa shape index (κ3) is 6.96. The Labute approximate surface area is 207 Å². The molecular formula is C25H34FN3O3S2. The minimum Gasteiger partial charge on any atom is -0.354 e. The molecule has 1 amide bonds. The molecule has 0 aromatic heterocycles. The van der Waals surface area contributed by atoms with E-state index in [4.69, 9.17) is 0 Å². The van der Waals surface area contributed by atoms with Gasteiger partial charge in [-0.1, -0.05) is 19.4 Å². The van der Waals surface area contributed by atoms with Gasteiger partial charge in [0.2, 0.25) is 5.91 Å². The number of carbonyl (C=O) groups excluding carboxylic acids is 1.